The Morgan fingerprint density at radius 1 is 1.32 bits per heavy atom. The predicted octanol–water partition coefficient (Wildman–Crippen LogP) is 1.66. The molecule has 22 heavy (non-hydrogen) atoms. The second-order valence-electron chi connectivity index (χ2n) is 5.93. The van der Waals surface area contributed by atoms with Crippen LogP contribution in [0.2, 0.25) is 0 Å². The van der Waals surface area contributed by atoms with Crippen LogP contribution in [0.15, 0.2) is 12.4 Å². The maximum atomic E-state index is 12.1. The van der Waals surface area contributed by atoms with E-state index in [1.54, 1.807) is 12.4 Å². The first kappa shape index (κ1) is 17.1. The summed E-state index contributed by atoms with van der Waals surface area (Å²) < 4.78 is 17.6. The van der Waals surface area contributed by atoms with E-state index in [0.29, 0.717) is 13.2 Å². The maximum absolute atomic E-state index is 12.1. The van der Waals surface area contributed by atoms with Crippen LogP contribution in [-0.4, -0.2) is 57.0 Å². The molecule has 0 radical (unpaired) electrons. The van der Waals surface area contributed by atoms with E-state index in [2.05, 4.69) is 20.2 Å². The molecular formula is C15H26N4O2S. The van der Waals surface area contributed by atoms with E-state index >= 15 is 0 Å². The van der Waals surface area contributed by atoms with Crippen LogP contribution in [-0.2, 0) is 15.5 Å². The second-order valence-corrected chi connectivity index (χ2v) is 8.20. The largest absolute Gasteiger partial charge is 0.377 e. The van der Waals surface area contributed by atoms with E-state index < -0.39 is 10.8 Å². The van der Waals surface area contributed by atoms with E-state index in [-0.39, 0.29) is 16.6 Å². The second kappa shape index (κ2) is 7.87. The summed E-state index contributed by atoms with van der Waals surface area (Å²) in [5.41, 5.74) is 0. The third-order valence-electron chi connectivity index (χ3n) is 3.57. The lowest BCUT2D eigenvalue weighted by Gasteiger charge is -2.35. The summed E-state index contributed by atoms with van der Waals surface area (Å²) >= 11 is 0. The maximum Gasteiger partial charge on any atom is 0.171 e. The molecule has 2 unspecified atom stereocenters. The monoisotopic (exact) mass is 326 g/mol. The molecule has 1 aromatic heterocycles. The van der Waals surface area contributed by atoms with E-state index in [9.17, 15) is 4.21 Å². The molecule has 1 aliphatic heterocycles. The zero-order valence-electron chi connectivity index (χ0n) is 13.8. The minimum absolute atomic E-state index is 0.142. The normalized spacial score (nSPS) is 25.5. The third-order valence-corrected chi connectivity index (χ3v) is 5.46. The summed E-state index contributed by atoms with van der Waals surface area (Å²) in [4.78, 5) is 11.0. The lowest BCUT2D eigenvalue weighted by atomic mass is 10.3. The third kappa shape index (κ3) is 4.39. The predicted molar refractivity (Wildman–Crippen MR) is 90.9 cm³/mol. The average molecular weight is 326 g/mol. The van der Waals surface area contributed by atoms with Crippen molar-refractivity contribution in [1.82, 2.24) is 9.97 Å². The van der Waals surface area contributed by atoms with Gasteiger partial charge < -0.3 is 15.0 Å². The minimum atomic E-state index is -0.773. The summed E-state index contributed by atoms with van der Waals surface area (Å²) in [6, 6.07) is 0. The standard InChI is InChI=1S/C15H26N4O2S/c1-11(2)21-8-7-17-14-15(18-6-5-16-14)19-9-12(3)22(20)13(4)10-19/h5-6,11-13H,7-10H2,1-4H3,(H,16,17). The van der Waals surface area contributed by atoms with Crippen LogP contribution in [0.3, 0.4) is 0 Å². The van der Waals surface area contributed by atoms with Crippen molar-refractivity contribution in [3.63, 3.8) is 0 Å². The Morgan fingerprint density at radius 2 is 1.95 bits per heavy atom. The Balaban J connectivity index is 2.03. The van der Waals surface area contributed by atoms with Crippen LogP contribution < -0.4 is 10.2 Å². The smallest absolute Gasteiger partial charge is 0.171 e. The van der Waals surface area contributed by atoms with Gasteiger partial charge in [0.25, 0.3) is 0 Å². The molecule has 124 valence electrons. The van der Waals surface area contributed by atoms with E-state index in [0.717, 1.165) is 24.7 Å². The molecule has 0 aliphatic carbocycles. The first-order valence-corrected chi connectivity index (χ1v) is 9.07. The van der Waals surface area contributed by atoms with Crippen LogP contribution in [0.5, 0.6) is 0 Å². The fraction of sp³-hybridized carbons (Fsp3) is 0.733. The molecule has 1 aromatic rings. The molecule has 1 N–H and O–H groups in total. The number of nitrogens with one attached hydrogen (secondary N) is 1. The van der Waals surface area contributed by atoms with Gasteiger partial charge in [-0.15, -0.1) is 0 Å². The van der Waals surface area contributed by atoms with Crippen molar-refractivity contribution >= 4 is 22.4 Å². The van der Waals surface area contributed by atoms with E-state index in [1.807, 2.05) is 27.7 Å². The van der Waals surface area contributed by atoms with Crippen molar-refractivity contribution in [2.24, 2.45) is 0 Å². The SMILES string of the molecule is CC(C)OCCNc1nccnc1N1CC(C)S(=O)C(C)C1. The molecule has 2 rings (SSSR count). The van der Waals surface area contributed by atoms with Crippen LogP contribution in [0.25, 0.3) is 0 Å². The molecule has 0 aromatic carbocycles. The van der Waals surface area contributed by atoms with Gasteiger partial charge in [0, 0.05) is 53.3 Å². The molecule has 2 heterocycles. The highest BCUT2D eigenvalue weighted by Crippen LogP contribution is 2.25. The highest BCUT2D eigenvalue weighted by molar-refractivity contribution is 7.86. The Morgan fingerprint density at radius 3 is 2.59 bits per heavy atom. The Labute approximate surface area is 135 Å². The Kier molecular flexibility index (Phi) is 6.14. The van der Waals surface area contributed by atoms with Crippen molar-refractivity contribution in [3.05, 3.63) is 12.4 Å². The van der Waals surface area contributed by atoms with E-state index in [1.165, 1.54) is 0 Å². The number of hydrogen-bond donors (Lipinski definition) is 1. The number of aromatic nitrogens is 2. The van der Waals surface area contributed by atoms with Gasteiger partial charge in [-0.3, -0.25) is 4.21 Å². The molecule has 1 saturated heterocycles. The first-order valence-electron chi connectivity index (χ1n) is 7.79. The van der Waals surface area contributed by atoms with Gasteiger partial charge in [0.05, 0.1) is 12.7 Å². The van der Waals surface area contributed by atoms with Gasteiger partial charge in [-0.25, -0.2) is 9.97 Å². The number of hydrogen-bond acceptors (Lipinski definition) is 6. The van der Waals surface area contributed by atoms with Crippen molar-refractivity contribution in [2.45, 2.75) is 44.3 Å². The van der Waals surface area contributed by atoms with Crippen LogP contribution >= 0.6 is 0 Å². The summed E-state index contributed by atoms with van der Waals surface area (Å²) in [5.74, 6) is 1.60. The molecular weight excluding hydrogens is 300 g/mol. The van der Waals surface area contributed by atoms with Gasteiger partial charge in [-0.05, 0) is 27.7 Å². The van der Waals surface area contributed by atoms with Gasteiger partial charge in [0.15, 0.2) is 11.6 Å². The summed E-state index contributed by atoms with van der Waals surface area (Å²) in [6.45, 7) is 10.9. The van der Waals surface area contributed by atoms with Gasteiger partial charge in [-0.1, -0.05) is 0 Å². The van der Waals surface area contributed by atoms with Crippen molar-refractivity contribution in [3.8, 4) is 0 Å². The molecule has 0 saturated carbocycles. The fourth-order valence-electron chi connectivity index (χ4n) is 2.56. The lowest BCUT2D eigenvalue weighted by Crippen LogP contribution is -2.47. The average Bonchev–Trinajstić information content (AvgIpc) is 2.49. The molecule has 0 amide bonds. The number of rotatable bonds is 6. The number of ether oxygens (including phenoxy) is 1. The minimum Gasteiger partial charge on any atom is -0.377 e. The first-order chi connectivity index (χ1) is 10.5. The summed E-state index contributed by atoms with van der Waals surface area (Å²) in [6.07, 6.45) is 3.61. The molecule has 6 nitrogen and oxygen atoms in total. The molecule has 7 heteroatoms. The van der Waals surface area contributed by atoms with Crippen LogP contribution in [0.4, 0.5) is 11.6 Å². The molecule has 1 fully saturated rings. The summed E-state index contributed by atoms with van der Waals surface area (Å²) in [5, 5.41) is 3.57. The van der Waals surface area contributed by atoms with Gasteiger partial charge in [0.1, 0.15) is 0 Å². The Hall–Kier alpha value is -1.21. The molecule has 0 bridgehead atoms. The Bertz CT molecular complexity index is 498. The van der Waals surface area contributed by atoms with Gasteiger partial charge in [0.2, 0.25) is 0 Å². The highest BCUT2D eigenvalue weighted by Gasteiger charge is 2.30. The van der Waals surface area contributed by atoms with Crippen molar-refractivity contribution in [1.29, 1.82) is 0 Å². The van der Waals surface area contributed by atoms with Crippen LogP contribution in [0, 0.1) is 0 Å². The zero-order valence-corrected chi connectivity index (χ0v) is 14.6. The molecule has 0 spiro atoms. The number of nitrogens with zero attached hydrogens (tertiary/aromatic N) is 3. The van der Waals surface area contributed by atoms with Crippen molar-refractivity contribution < 1.29 is 8.95 Å². The molecule has 2 atom stereocenters. The molecule has 1 aliphatic rings. The summed E-state index contributed by atoms with van der Waals surface area (Å²) in [7, 11) is -0.773. The fourth-order valence-corrected chi connectivity index (χ4v) is 4.01. The van der Waals surface area contributed by atoms with E-state index in [4.69, 9.17) is 4.74 Å². The zero-order chi connectivity index (χ0) is 16.1. The highest BCUT2D eigenvalue weighted by atomic mass is 32.2. The number of anilines is 2. The van der Waals surface area contributed by atoms with Crippen molar-refractivity contribution in [2.75, 3.05) is 36.5 Å². The topological polar surface area (TPSA) is 67.3 Å². The quantitative estimate of drug-likeness (QED) is 0.802. The lowest BCUT2D eigenvalue weighted by molar-refractivity contribution is 0.0870. The van der Waals surface area contributed by atoms with Crippen LogP contribution in [0.1, 0.15) is 27.7 Å². The van der Waals surface area contributed by atoms with Gasteiger partial charge in [-0.2, -0.15) is 0 Å². The van der Waals surface area contributed by atoms with Gasteiger partial charge >= 0.3 is 0 Å².